The van der Waals surface area contributed by atoms with Gasteiger partial charge in [-0.15, -0.1) is 0 Å². The minimum Gasteiger partial charge on any atom is -0.385 e. The summed E-state index contributed by atoms with van der Waals surface area (Å²) in [5, 5.41) is 18.3. The zero-order valence-electron chi connectivity index (χ0n) is 22.3. The molecular formula is C28H44ClF2N3O3. The smallest absolute Gasteiger partial charge is 0.317 e. The number of benzene rings is 1. The second-order valence-corrected chi connectivity index (χ2v) is 11.2. The molecule has 1 heterocycles. The number of amides is 2. The van der Waals surface area contributed by atoms with Gasteiger partial charge in [-0.3, -0.25) is 0 Å². The van der Waals surface area contributed by atoms with Crippen molar-refractivity contribution >= 4 is 17.6 Å². The van der Waals surface area contributed by atoms with Crippen LogP contribution in [0.25, 0.3) is 0 Å². The molecule has 3 N–H and O–H groups in total. The van der Waals surface area contributed by atoms with E-state index >= 15 is 4.39 Å². The van der Waals surface area contributed by atoms with Gasteiger partial charge in [0.2, 0.25) is 0 Å². The quantitative estimate of drug-likeness (QED) is 0.308. The number of aliphatic hydroxyl groups is 1. The Hall–Kier alpha value is -1.48. The first-order valence-corrected chi connectivity index (χ1v) is 14.2. The topological polar surface area (TPSA) is 73.8 Å². The summed E-state index contributed by atoms with van der Waals surface area (Å²) in [5.41, 5.74) is -1.25. The summed E-state index contributed by atoms with van der Waals surface area (Å²) in [6, 6.07) is 4.52. The van der Waals surface area contributed by atoms with E-state index in [4.69, 9.17) is 16.3 Å². The van der Waals surface area contributed by atoms with Crippen LogP contribution in [0.15, 0.2) is 18.2 Å². The molecule has 1 aromatic rings. The number of hydrogen-bond acceptors (Lipinski definition) is 4. The van der Waals surface area contributed by atoms with E-state index in [-0.39, 0.29) is 28.6 Å². The summed E-state index contributed by atoms with van der Waals surface area (Å²) in [6.45, 7) is 2.11. The molecule has 210 valence electrons. The van der Waals surface area contributed by atoms with Gasteiger partial charge in [0.1, 0.15) is 12.0 Å². The van der Waals surface area contributed by atoms with E-state index in [0.717, 1.165) is 32.1 Å². The first-order valence-electron chi connectivity index (χ1n) is 13.8. The second-order valence-electron chi connectivity index (χ2n) is 10.8. The summed E-state index contributed by atoms with van der Waals surface area (Å²) in [5.74, 6) is -0.523. The molecule has 1 aliphatic carbocycles. The Morgan fingerprint density at radius 2 is 2.03 bits per heavy atom. The number of rotatable bonds is 12. The lowest BCUT2D eigenvalue weighted by molar-refractivity contribution is -0.0587. The fourth-order valence-corrected chi connectivity index (χ4v) is 6.23. The Morgan fingerprint density at radius 3 is 2.73 bits per heavy atom. The van der Waals surface area contributed by atoms with Crippen LogP contribution in [-0.4, -0.2) is 68.6 Å². The number of hydrogen-bond donors (Lipinski definition) is 3. The van der Waals surface area contributed by atoms with Crippen molar-refractivity contribution in [1.82, 2.24) is 15.5 Å². The van der Waals surface area contributed by atoms with E-state index in [1.807, 2.05) is 7.05 Å². The fraction of sp³-hybridized carbons (Fsp3) is 0.750. The maximum Gasteiger partial charge on any atom is 0.317 e. The van der Waals surface area contributed by atoms with Gasteiger partial charge in [0.25, 0.3) is 0 Å². The zero-order valence-corrected chi connectivity index (χ0v) is 23.0. The molecule has 3 atom stereocenters. The third-order valence-corrected chi connectivity index (χ3v) is 8.42. The van der Waals surface area contributed by atoms with Crippen LogP contribution in [0.1, 0.15) is 69.8 Å². The molecule has 1 aromatic carbocycles. The van der Waals surface area contributed by atoms with E-state index in [0.29, 0.717) is 64.3 Å². The molecule has 0 radical (unpaired) electrons. The minimum atomic E-state index is -1.45. The summed E-state index contributed by atoms with van der Waals surface area (Å²) in [4.78, 5) is 15.1. The SMILES string of the molecule is CNCC(CC1CCC(F)CC1)NC(=O)N1CCCC(C(O)(CCCCOC)c2cccc(Cl)c2F)C1. The lowest BCUT2D eigenvalue weighted by Crippen LogP contribution is -2.54. The van der Waals surface area contributed by atoms with Crippen molar-refractivity contribution in [3.63, 3.8) is 0 Å². The van der Waals surface area contributed by atoms with Crippen LogP contribution >= 0.6 is 11.6 Å². The summed E-state index contributed by atoms with van der Waals surface area (Å²) in [6.07, 6.45) is 6.18. The van der Waals surface area contributed by atoms with Crippen LogP contribution in [0.3, 0.4) is 0 Å². The highest BCUT2D eigenvalue weighted by Crippen LogP contribution is 2.42. The first kappa shape index (κ1) is 30.1. The Morgan fingerprint density at radius 1 is 1.27 bits per heavy atom. The van der Waals surface area contributed by atoms with Crippen LogP contribution in [0, 0.1) is 17.7 Å². The number of nitrogens with one attached hydrogen (secondary N) is 2. The lowest BCUT2D eigenvalue weighted by atomic mass is 9.74. The molecule has 0 bridgehead atoms. The van der Waals surface area contributed by atoms with Crippen LogP contribution in [0.5, 0.6) is 0 Å². The van der Waals surface area contributed by atoms with Gasteiger partial charge in [-0.05, 0) is 83.2 Å². The average Bonchev–Trinajstić information content (AvgIpc) is 2.89. The highest BCUT2D eigenvalue weighted by molar-refractivity contribution is 6.30. The Bertz CT molecular complexity index is 856. The molecule has 2 aliphatic rings. The van der Waals surface area contributed by atoms with E-state index in [1.54, 1.807) is 24.1 Å². The maximum absolute atomic E-state index is 15.1. The van der Waals surface area contributed by atoms with Crippen molar-refractivity contribution in [1.29, 1.82) is 0 Å². The van der Waals surface area contributed by atoms with Crippen LogP contribution < -0.4 is 10.6 Å². The van der Waals surface area contributed by atoms with E-state index in [1.165, 1.54) is 6.07 Å². The van der Waals surface area contributed by atoms with Crippen molar-refractivity contribution in [3.8, 4) is 0 Å². The average molecular weight is 544 g/mol. The van der Waals surface area contributed by atoms with Gasteiger partial charge in [-0.25, -0.2) is 13.6 Å². The van der Waals surface area contributed by atoms with Crippen molar-refractivity contribution < 1.29 is 23.4 Å². The van der Waals surface area contributed by atoms with E-state index < -0.39 is 17.6 Å². The normalized spacial score (nSPS) is 24.9. The third kappa shape index (κ3) is 8.25. The Kier molecular flexibility index (Phi) is 11.9. The molecule has 1 saturated carbocycles. The summed E-state index contributed by atoms with van der Waals surface area (Å²) < 4.78 is 33.9. The number of ether oxygens (including phenoxy) is 1. The molecule has 0 aromatic heterocycles. The molecule has 37 heavy (non-hydrogen) atoms. The molecular weight excluding hydrogens is 500 g/mol. The van der Waals surface area contributed by atoms with Crippen LogP contribution in [0.2, 0.25) is 5.02 Å². The highest BCUT2D eigenvalue weighted by Gasteiger charge is 2.43. The van der Waals surface area contributed by atoms with Gasteiger partial charge in [-0.1, -0.05) is 23.7 Å². The number of carbonyl (C=O) groups excluding carboxylic acids is 1. The third-order valence-electron chi connectivity index (χ3n) is 8.13. The number of carbonyl (C=O) groups is 1. The second kappa shape index (κ2) is 14.6. The standard InChI is InChI=1S/C28H44ClF2N3O3/c1-32-18-23(17-20-10-12-22(30)13-11-20)33-27(35)34-15-6-7-21(19-34)28(36,14-3-4-16-37-2)24-8-5-9-25(29)26(24)31/h5,8-9,20-23,32,36H,3-4,6-7,10-19H2,1-2H3,(H,33,35). The van der Waals surface area contributed by atoms with E-state index in [2.05, 4.69) is 10.6 Å². The van der Waals surface area contributed by atoms with Crippen LogP contribution in [-0.2, 0) is 10.3 Å². The number of methoxy groups -OCH3 is 1. The van der Waals surface area contributed by atoms with Gasteiger partial charge in [0, 0.05) is 50.9 Å². The minimum absolute atomic E-state index is 0.0186. The molecule has 0 spiro atoms. The molecule has 6 nitrogen and oxygen atoms in total. The molecule has 2 amide bonds. The number of alkyl halides is 1. The maximum atomic E-state index is 15.1. The van der Waals surface area contributed by atoms with Crippen molar-refractivity contribution in [2.45, 2.75) is 82.0 Å². The van der Waals surface area contributed by atoms with Gasteiger partial charge in [0.05, 0.1) is 10.6 Å². The number of likely N-dealkylation sites (N-methyl/N-ethyl adjacent to an activating group) is 1. The number of unbranched alkanes of at least 4 members (excludes halogenated alkanes) is 1. The number of halogens is 3. The van der Waals surface area contributed by atoms with Gasteiger partial charge < -0.3 is 25.4 Å². The molecule has 2 fully saturated rings. The molecule has 3 rings (SSSR count). The van der Waals surface area contributed by atoms with Crippen LogP contribution in [0.4, 0.5) is 13.6 Å². The predicted molar refractivity (Wildman–Crippen MR) is 143 cm³/mol. The molecule has 1 aliphatic heterocycles. The number of urea groups is 1. The summed E-state index contributed by atoms with van der Waals surface area (Å²) in [7, 11) is 3.49. The largest absolute Gasteiger partial charge is 0.385 e. The molecule has 9 heteroatoms. The zero-order chi connectivity index (χ0) is 26.8. The highest BCUT2D eigenvalue weighted by atomic mass is 35.5. The lowest BCUT2D eigenvalue weighted by Gasteiger charge is -2.43. The number of likely N-dealkylation sites (tertiary alicyclic amines) is 1. The molecule has 1 saturated heterocycles. The van der Waals surface area contributed by atoms with Crippen molar-refractivity contribution in [3.05, 3.63) is 34.6 Å². The van der Waals surface area contributed by atoms with Gasteiger partial charge in [-0.2, -0.15) is 0 Å². The van der Waals surface area contributed by atoms with Gasteiger partial charge in [0.15, 0.2) is 0 Å². The number of piperidine rings is 1. The van der Waals surface area contributed by atoms with Crippen molar-refractivity contribution in [2.75, 3.05) is 40.4 Å². The van der Waals surface area contributed by atoms with Gasteiger partial charge >= 0.3 is 6.03 Å². The fourth-order valence-electron chi connectivity index (χ4n) is 6.05. The predicted octanol–water partition coefficient (Wildman–Crippen LogP) is 5.41. The Labute approximate surface area is 225 Å². The monoisotopic (exact) mass is 543 g/mol. The molecule has 3 unspecified atom stereocenters. The Balaban J connectivity index is 1.70. The number of nitrogens with zero attached hydrogens (tertiary/aromatic N) is 1. The summed E-state index contributed by atoms with van der Waals surface area (Å²) >= 11 is 6.09. The first-order chi connectivity index (χ1) is 17.8. The van der Waals surface area contributed by atoms with Crippen molar-refractivity contribution in [2.24, 2.45) is 11.8 Å². The van der Waals surface area contributed by atoms with E-state index in [9.17, 15) is 14.3 Å².